The smallest absolute Gasteiger partial charge is 0.338 e. The highest BCUT2D eigenvalue weighted by Gasteiger charge is 2.59. The Balaban J connectivity index is 1.77. The van der Waals surface area contributed by atoms with Gasteiger partial charge < -0.3 is 9.47 Å². The van der Waals surface area contributed by atoms with Crippen LogP contribution in [-0.2, 0) is 19.9 Å². The summed E-state index contributed by atoms with van der Waals surface area (Å²) in [7, 11) is 0. The molecule has 0 bridgehead atoms. The van der Waals surface area contributed by atoms with Crippen LogP contribution in [0.2, 0.25) is 0 Å². The molecule has 1 fully saturated rings. The summed E-state index contributed by atoms with van der Waals surface area (Å²) in [5.74, 6) is -0.233. The molecular weight excluding hydrogens is 240 g/mol. The van der Waals surface area contributed by atoms with E-state index >= 15 is 0 Å². The second kappa shape index (κ2) is 6.20. The SMILES string of the molecule is CCCCCCOC(=O)[C@H]1O[C@]1(C)c1ccccc1. The standard InChI is InChI=1S/C16H22O3/c1-3-4-5-9-12-18-15(17)14-16(2,19-14)13-10-7-6-8-11-13/h6-8,10-11,14H,3-5,9,12H2,1-2H3/t14-,16-/m1/s1. The van der Waals surface area contributed by atoms with E-state index in [0.717, 1.165) is 18.4 Å². The normalized spacial score (nSPS) is 25.1. The molecule has 1 aromatic carbocycles. The first-order valence-corrected chi connectivity index (χ1v) is 7.08. The Labute approximate surface area is 114 Å². The number of hydrogen-bond donors (Lipinski definition) is 0. The predicted octanol–water partition coefficient (Wildman–Crippen LogP) is 3.42. The van der Waals surface area contributed by atoms with Gasteiger partial charge in [-0.2, -0.15) is 0 Å². The van der Waals surface area contributed by atoms with Crippen molar-refractivity contribution in [3.05, 3.63) is 35.9 Å². The van der Waals surface area contributed by atoms with Gasteiger partial charge in [0.15, 0.2) is 6.10 Å². The Morgan fingerprint density at radius 2 is 2.00 bits per heavy atom. The van der Waals surface area contributed by atoms with E-state index in [1.807, 2.05) is 37.3 Å². The molecule has 1 aliphatic rings. The molecular formula is C16H22O3. The number of unbranched alkanes of at least 4 members (excludes halogenated alkanes) is 3. The molecule has 3 heteroatoms. The highest BCUT2D eigenvalue weighted by Crippen LogP contribution is 2.46. The van der Waals surface area contributed by atoms with E-state index < -0.39 is 11.7 Å². The van der Waals surface area contributed by atoms with E-state index in [-0.39, 0.29) is 5.97 Å². The van der Waals surface area contributed by atoms with Crippen molar-refractivity contribution in [2.24, 2.45) is 0 Å². The number of benzene rings is 1. The van der Waals surface area contributed by atoms with E-state index in [0.29, 0.717) is 6.61 Å². The lowest BCUT2D eigenvalue weighted by atomic mass is 9.97. The quantitative estimate of drug-likeness (QED) is 0.429. The van der Waals surface area contributed by atoms with Gasteiger partial charge in [-0.15, -0.1) is 0 Å². The van der Waals surface area contributed by atoms with Crippen LogP contribution in [0.15, 0.2) is 30.3 Å². The summed E-state index contributed by atoms with van der Waals surface area (Å²) in [5, 5.41) is 0. The molecule has 1 aliphatic heterocycles. The minimum atomic E-state index is -0.498. The summed E-state index contributed by atoms with van der Waals surface area (Å²) in [6, 6.07) is 9.82. The molecule has 1 saturated heterocycles. The van der Waals surface area contributed by atoms with Crippen molar-refractivity contribution in [3.8, 4) is 0 Å². The maximum Gasteiger partial charge on any atom is 0.338 e. The molecule has 3 nitrogen and oxygen atoms in total. The fourth-order valence-electron chi connectivity index (χ4n) is 2.25. The summed E-state index contributed by atoms with van der Waals surface area (Å²) in [6.07, 6.45) is 3.99. The van der Waals surface area contributed by atoms with Crippen molar-refractivity contribution in [1.82, 2.24) is 0 Å². The van der Waals surface area contributed by atoms with Crippen LogP contribution in [0.3, 0.4) is 0 Å². The molecule has 0 saturated carbocycles. The molecule has 0 aliphatic carbocycles. The van der Waals surface area contributed by atoms with Crippen LogP contribution in [0, 0.1) is 0 Å². The topological polar surface area (TPSA) is 38.8 Å². The molecule has 19 heavy (non-hydrogen) atoms. The third-order valence-corrected chi connectivity index (χ3v) is 3.61. The predicted molar refractivity (Wildman–Crippen MR) is 73.8 cm³/mol. The monoisotopic (exact) mass is 262 g/mol. The van der Waals surface area contributed by atoms with Crippen molar-refractivity contribution >= 4 is 5.97 Å². The highest BCUT2D eigenvalue weighted by atomic mass is 16.7. The van der Waals surface area contributed by atoms with Crippen LogP contribution in [0.25, 0.3) is 0 Å². The van der Waals surface area contributed by atoms with Crippen molar-refractivity contribution in [2.45, 2.75) is 51.2 Å². The van der Waals surface area contributed by atoms with E-state index in [1.165, 1.54) is 12.8 Å². The first kappa shape index (κ1) is 14.1. The van der Waals surface area contributed by atoms with Crippen LogP contribution in [0.1, 0.15) is 45.1 Å². The maximum atomic E-state index is 11.9. The Morgan fingerprint density at radius 3 is 2.68 bits per heavy atom. The summed E-state index contributed by atoms with van der Waals surface area (Å²) in [4.78, 5) is 11.9. The Kier molecular flexibility index (Phi) is 4.59. The number of carbonyl (C=O) groups is 1. The molecule has 0 N–H and O–H groups in total. The fraction of sp³-hybridized carbons (Fsp3) is 0.562. The number of hydrogen-bond acceptors (Lipinski definition) is 3. The minimum absolute atomic E-state index is 0.233. The third kappa shape index (κ3) is 3.35. The average Bonchev–Trinajstić information content (AvgIpc) is 3.13. The lowest BCUT2D eigenvalue weighted by Gasteiger charge is -2.06. The minimum Gasteiger partial charge on any atom is -0.464 e. The maximum absolute atomic E-state index is 11.9. The fourth-order valence-corrected chi connectivity index (χ4v) is 2.25. The first-order valence-electron chi connectivity index (χ1n) is 7.08. The summed E-state index contributed by atoms with van der Waals surface area (Å²) in [6.45, 7) is 4.60. The van der Waals surface area contributed by atoms with Crippen LogP contribution < -0.4 is 0 Å². The molecule has 104 valence electrons. The van der Waals surface area contributed by atoms with E-state index in [1.54, 1.807) is 0 Å². The van der Waals surface area contributed by atoms with Gasteiger partial charge in [0.2, 0.25) is 0 Å². The molecule has 0 spiro atoms. The van der Waals surface area contributed by atoms with E-state index in [9.17, 15) is 4.79 Å². The van der Waals surface area contributed by atoms with Crippen LogP contribution >= 0.6 is 0 Å². The van der Waals surface area contributed by atoms with E-state index in [2.05, 4.69) is 6.92 Å². The molecule has 0 unspecified atom stereocenters. The van der Waals surface area contributed by atoms with Gasteiger partial charge in [0.25, 0.3) is 0 Å². The molecule has 0 radical (unpaired) electrons. The van der Waals surface area contributed by atoms with Crippen molar-refractivity contribution < 1.29 is 14.3 Å². The number of rotatable bonds is 7. The Bertz CT molecular complexity index is 415. The highest BCUT2D eigenvalue weighted by molar-refractivity contribution is 5.79. The van der Waals surface area contributed by atoms with Gasteiger partial charge in [-0.3, -0.25) is 0 Å². The van der Waals surface area contributed by atoms with Gasteiger partial charge in [0, 0.05) is 0 Å². The zero-order valence-electron chi connectivity index (χ0n) is 11.7. The van der Waals surface area contributed by atoms with Crippen molar-refractivity contribution in [2.75, 3.05) is 6.61 Å². The van der Waals surface area contributed by atoms with Gasteiger partial charge in [0.05, 0.1) is 6.61 Å². The molecule has 1 aromatic rings. The van der Waals surface area contributed by atoms with Gasteiger partial charge >= 0.3 is 5.97 Å². The number of epoxide rings is 1. The molecule has 2 rings (SSSR count). The molecule has 0 aromatic heterocycles. The first-order chi connectivity index (χ1) is 9.18. The van der Waals surface area contributed by atoms with Crippen molar-refractivity contribution in [1.29, 1.82) is 0 Å². The van der Waals surface area contributed by atoms with Gasteiger partial charge in [-0.25, -0.2) is 4.79 Å². The molecule has 1 heterocycles. The second-order valence-corrected chi connectivity index (χ2v) is 5.20. The lowest BCUT2D eigenvalue weighted by Crippen LogP contribution is -2.19. The zero-order chi connectivity index (χ0) is 13.7. The number of esters is 1. The summed E-state index contributed by atoms with van der Waals surface area (Å²) in [5.41, 5.74) is 0.532. The lowest BCUT2D eigenvalue weighted by molar-refractivity contribution is -0.145. The van der Waals surface area contributed by atoms with Crippen LogP contribution in [0.4, 0.5) is 0 Å². The van der Waals surface area contributed by atoms with Crippen LogP contribution in [-0.4, -0.2) is 18.7 Å². The molecule has 0 amide bonds. The van der Waals surface area contributed by atoms with E-state index in [4.69, 9.17) is 9.47 Å². The van der Waals surface area contributed by atoms with Gasteiger partial charge in [-0.1, -0.05) is 56.5 Å². The average molecular weight is 262 g/mol. The number of carbonyl (C=O) groups excluding carboxylic acids is 1. The largest absolute Gasteiger partial charge is 0.464 e. The van der Waals surface area contributed by atoms with Crippen molar-refractivity contribution in [3.63, 3.8) is 0 Å². The number of ether oxygens (including phenoxy) is 2. The summed E-state index contributed by atoms with van der Waals surface area (Å²) < 4.78 is 10.8. The third-order valence-electron chi connectivity index (χ3n) is 3.61. The zero-order valence-corrected chi connectivity index (χ0v) is 11.7. The molecule has 2 atom stereocenters. The van der Waals surface area contributed by atoms with Gasteiger partial charge in [0.1, 0.15) is 5.60 Å². The summed E-state index contributed by atoms with van der Waals surface area (Å²) >= 11 is 0. The Morgan fingerprint density at radius 1 is 1.26 bits per heavy atom. The second-order valence-electron chi connectivity index (χ2n) is 5.20. The van der Waals surface area contributed by atoms with Crippen LogP contribution in [0.5, 0.6) is 0 Å². The Hall–Kier alpha value is -1.35. The van der Waals surface area contributed by atoms with Gasteiger partial charge in [-0.05, 0) is 18.9 Å².